The Morgan fingerprint density at radius 1 is 1.06 bits per heavy atom. The second-order valence-corrected chi connectivity index (χ2v) is 9.55. The average Bonchev–Trinajstić information content (AvgIpc) is 3.23. The van der Waals surface area contributed by atoms with Crippen molar-refractivity contribution in [1.82, 2.24) is 9.88 Å². The van der Waals surface area contributed by atoms with E-state index in [4.69, 9.17) is 11.6 Å². The molecule has 4 rings (SSSR count). The third-order valence-corrected chi connectivity index (χ3v) is 7.16. The van der Waals surface area contributed by atoms with Crippen LogP contribution >= 0.6 is 11.6 Å². The Kier molecular flexibility index (Phi) is 6.25. The molecular formula is C23H22ClN3O3S. The summed E-state index contributed by atoms with van der Waals surface area (Å²) in [6.07, 6.45) is 5.57. The second kappa shape index (κ2) is 9.08. The van der Waals surface area contributed by atoms with Crippen molar-refractivity contribution in [3.63, 3.8) is 0 Å². The Bertz CT molecular complexity index is 1170. The van der Waals surface area contributed by atoms with E-state index in [0.29, 0.717) is 29.2 Å². The van der Waals surface area contributed by atoms with E-state index in [2.05, 4.69) is 9.71 Å². The SMILES string of the molecule is O=C(c1ccc(S(=O)(=O)Nc2ccncc2)cc1)N1CCCC1Cc1ccccc1Cl. The lowest BCUT2D eigenvalue weighted by Gasteiger charge is -2.25. The number of rotatable bonds is 6. The van der Waals surface area contributed by atoms with Crippen molar-refractivity contribution in [3.05, 3.63) is 89.2 Å². The molecule has 0 saturated carbocycles. The molecule has 31 heavy (non-hydrogen) atoms. The number of carbonyl (C=O) groups excluding carboxylic acids is 1. The van der Waals surface area contributed by atoms with Gasteiger partial charge in [0.15, 0.2) is 0 Å². The number of hydrogen-bond acceptors (Lipinski definition) is 4. The van der Waals surface area contributed by atoms with Crippen LogP contribution in [0.1, 0.15) is 28.8 Å². The number of carbonyl (C=O) groups is 1. The first-order valence-corrected chi connectivity index (χ1v) is 11.9. The van der Waals surface area contributed by atoms with Crippen molar-refractivity contribution in [2.75, 3.05) is 11.3 Å². The molecule has 1 aliphatic heterocycles. The molecule has 1 unspecified atom stereocenters. The minimum absolute atomic E-state index is 0.0733. The molecule has 1 amide bonds. The Morgan fingerprint density at radius 3 is 2.48 bits per heavy atom. The van der Waals surface area contributed by atoms with Gasteiger partial charge in [-0.1, -0.05) is 29.8 Å². The summed E-state index contributed by atoms with van der Waals surface area (Å²) in [6.45, 7) is 0.678. The molecule has 1 atom stereocenters. The first-order chi connectivity index (χ1) is 14.9. The van der Waals surface area contributed by atoms with Gasteiger partial charge < -0.3 is 4.90 Å². The topological polar surface area (TPSA) is 79.4 Å². The molecule has 3 aromatic rings. The van der Waals surface area contributed by atoms with Gasteiger partial charge in [0.1, 0.15) is 0 Å². The number of likely N-dealkylation sites (tertiary alicyclic amines) is 1. The van der Waals surface area contributed by atoms with Gasteiger partial charge in [-0.25, -0.2) is 8.42 Å². The molecule has 0 bridgehead atoms. The number of amides is 1. The molecule has 0 aliphatic carbocycles. The molecular weight excluding hydrogens is 434 g/mol. The molecule has 2 heterocycles. The van der Waals surface area contributed by atoms with Crippen LogP contribution in [0.5, 0.6) is 0 Å². The fourth-order valence-electron chi connectivity index (χ4n) is 3.81. The largest absolute Gasteiger partial charge is 0.335 e. The lowest BCUT2D eigenvalue weighted by molar-refractivity contribution is 0.0736. The van der Waals surface area contributed by atoms with E-state index in [1.165, 1.54) is 24.5 Å². The maximum atomic E-state index is 13.1. The summed E-state index contributed by atoms with van der Waals surface area (Å²) in [6, 6.07) is 16.9. The van der Waals surface area contributed by atoms with Crippen molar-refractivity contribution in [1.29, 1.82) is 0 Å². The number of benzene rings is 2. The number of nitrogens with zero attached hydrogens (tertiary/aromatic N) is 2. The van der Waals surface area contributed by atoms with Gasteiger partial charge in [-0.3, -0.25) is 14.5 Å². The zero-order valence-corrected chi connectivity index (χ0v) is 18.3. The van der Waals surface area contributed by atoms with Crippen LogP contribution in [-0.2, 0) is 16.4 Å². The van der Waals surface area contributed by atoms with E-state index in [-0.39, 0.29) is 16.8 Å². The van der Waals surface area contributed by atoms with Crippen molar-refractivity contribution in [2.24, 2.45) is 0 Å². The predicted molar refractivity (Wildman–Crippen MR) is 121 cm³/mol. The fraction of sp³-hybridized carbons (Fsp3) is 0.217. The summed E-state index contributed by atoms with van der Waals surface area (Å²) in [5, 5.41) is 0.707. The zero-order chi connectivity index (χ0) is 21.8. The third-order valence-electron chi connectivity index (χ3n) is 5.40. The number of halogens is 1. The number of hydrogen-bond donors (Lipinski definition) is 1. The Labute approximate surface area is 186 Å². The van der Waals surface area contributed by atoms with E-state index >= 15 is 0 Å². The van der Waals surface area contributed by atoms with Gasteiger partial charge in [-0.05, 0) is 67.3 Å². The molecule has 1 fully saturated rings. The minimum Gasteiger partial charge on any atom is -0.335 e. The van der Waals surface area contributed by atoms with Crippen LogP contribution in [0.2, 0.25) is 5.02 Å². The van der Waals surface area contributed by atoms with Crippen molar-refractivity contribution in [2.45, 2.75) is 30.2 Å². The van der Waals surface area contributed by atoms with Crippen LogP contribution in [-0.4, -0.2) is 36.8 Å². The highest BCUT2D eigenvalue weighted by atomic mass is 35.5. The molecule has 0 spiro atoms. The summed E-state index contributed by atoms with van der Waals surface area (Å²) in [4.78, 5) is 18.9. The average molecular weight is 456 g/mol. The predicted octanol–water partition coefficient (Wildman–Crippen LogP) is 4.38. The van der Waals surface area contributed by atoms with Gasteiger partial charge in [0.2, 0.25) is 0 Å². The maximum Gasteiger partial charge on any atom is 0.261 e. The highest BCUT2D eigenvalue weighted by Gasteiger charge is 2.30. The van der Waals surface area contributed by atoms with Crippen LogP contribution < -0.4 is 4.72 Å². The lowest BCUT2D eigenvalue weighted by Crippen LogP contribution is -2.36. The third kappa shape index (κ3) is 4.89. The lowest BCUT2D eigenvalue weighted by atomic mass is 10.0. The number of aromatic nitrogens is 1. The molecule has 1 aliphatic rings. The quantitative estimate of drug-likeness (QED) is 0.598. The molecule has 1 saturated heterocycles. The Balaban J connectivity index is 1.48. The van der Waals surface area contributed by atoms with Crippen LogP contribution in [0, 0.1) is 0 Å². The molecule has 2 aromatic carbocycles. The van der Waals surface area contributed by atoms with Crippen molar-refractivity contribution >= 4 is 33.2 Å². The summed E-state index contributed by atoms with van der Waals surface area (Å²) in [5.74, 6) is -0.0967. The van der Waals surface area contributed by atoms with Gasteiger partial charge in [0.05, 0.1) is 10.6 Å². The van der Waals surface area contributed by atoms with E-state index < -0.39 is 10.0 Å². The van der Waals surface area contributed by atoms with E-state index in [1.807, 2.05) is 29.2 Å². The van der Waals surface area contributed by atoms with Gasteiger partial charge in [0, 0.05) is 35.6 Å². The Morgan fingerprint density at radius 2 is 1.77 bits per heavy atom. The molecule has 0 radical (unpaired) electrons. The van der Waals surface area contributed by atoms with Crippen molar-refractivity contribution < 1.29 is 13.2 Å². The van der Waals surface area contributed by atoms with Gasteiger partial charge in [-0.2, -0.15) is 0 Å². The highest BCUT2D eigenvalue weighted by molar-refractivity contribution is 7.92. The summed E-state index contributed by atoms with van der Waals surface area (Å²) >= 11 is 6.30. The van der Waals surface area contributed by atoms with Crippen LogP contribution in [0.25, 0.3) is 0 Å². The van der Waals surface area contributed by atoms with E-state index in [0.717, 1.165) is 18.4 Å². The number of sulfonamides is 1. The second-order valence-electron chi connectivity index (χ2n) is 7.46. The minimum atomic E-state index is -3.75. The zero-order valence-electron chi connectivity index (χ0n) is 16.7. The standard InChI is InChI=1S/C23H22ClN3O3S/c24-22-6-2-1-4-18(22)16-20-5-3-15-27(20)23(28)17-7-9-21(10-8-17)31(29,30)26-19-11-13-25-14-12-19/h1-2,4,6-14,20H,3,5,15-16H2,(H,25,26). The molecule has 160 valence electrons. The summed E-state index contributed by atoms with van der Waals surface area (Å²) in [5.41, 5.74) is 1.92. The maximum absolute atomic E-state index is 13.1. The van der Waals surface area contributed by atoms with Crippen LogP contribution in [0.3, 0.4) is 0 Å². The van der Waals surface area contributed by atoms with Crippen LogP contribution in [0.15, 0.2) is 78.0 Å². The van der Waals surface area contributed by atoms with E-state index in [1.54, 1.807) is 24.3 Å². The monoisotopic (exact) mass is 455 g/mol. The number of anilines is 1. The number of pyridine rings is 1. The van der Waals surface area contributed by atoms with Crippen molar-refractivity contribution in [3.8, 4) is 0 Å². The first-order valence-electron chi connectivity index (χ1n) is 10.0. The fourth-order valence-corrected chi connectivity index (χ4v) is 5.08. The normalized spacial score (nSPS) is 16.3. The highest BCUT2D eigenvalue weighted by Crippen LogP contribution is 2.26. The summed E-state index contributed by atoms with van der Waals surface area (Å²) in [7, 11) is -3.75. The number of nitrogens with one attached hydrogen (secondary N) is 1. The van der Waals surface area contributed by atoms with Gasteiger partial charge in [0.25, 0.3) is 15.9 Å². The van der Waals surface area contributed by atoms with Crippen LogP contribution in [0.4, 0.5) is 5.69 Å². The first kappa shape index (κ1) is 21.3. The van der Waals surface area contributed by atoms with E-state index in [9.17, 15) is 13.2 Å². The molecule has 1 aromatic heterocycles. The smallest absolute Gasteiger partial charge is 0.261 e. The van der Waals surface area contributed by atoms with Gasteiger partial charge >= 0.3 is 0 Å². The van der Waals surface area contributed by atoms with Gasteiger partial charge in [-0.15, -0.1) is 0 Å². The molecule has 8 heteroatoms. The molecule has 6 nitrogen and oxygen atoms in total. The summed E-state index contributed by atoms with van der Waals surface area (Å²) < 4.78 is 27.7. The Hall–Kier alpha value is -2.90. The molecule has 1 N–H and O–H groups in total.